The van der Waals surface area contributed by atoms with Crippen LogP contribution in [0, 0.1) is 5.82 Å². The van der Waals surface area contributed by atoms with Gasteiger partial charge < -0.3 is 10.2 Å². The summed E-state index contributed by atoms with van der Waals surface area (Å²) in [5.41, 5.74) is 0.766. The van der Waals surface area contributed by atoms with Gasteiger partial charge in [-0.1, -0.05) is 6.42 Å². The molecular formula is C15H19FN4. The van der Waals surface area contributed by atoms with Crippen LogP contribution in [0.5, 0.6) is 0 Å². The van der Waals surface area contributed by atoms with Crippen LogP contribution in [-0.4, -0.2) is 41.0 Å². The molecule has 0 amide bonds. The minimum atomic E-state index is -0.258. The summed E-state index contributed by atoms with van der Waals surface area (Å²) >= 11 is 0. The van der Waals surface area contributed by atoms with Crippen molar-refractivity contribution < 1.29 is 4.39 Å². The van der Waals surface area contributed by atoms with E-state index in [9.17, 15) is 4.39 Å². The van der Waals surface area contributed by atoms with Gasteiger partial charge in [0.25, 0.3) is 0 Å². The van der Waals surface area contributed by atoms with Crippen LogP contribution in [0.3, 0.4) is 0 Å². The third kappa shape index (κ3) is 3.04. The molecule has 1 aromatic heterocycles. The molecule has 1 N–H and O–H groups in total. The molecule has 106 valence electrons. The number of hydrogen-bond donors (Lipinski definition) is 1. The van der Waals surface area contributed by atoms with E-state index in [1.54, 1.807) is 6.07 Å². The standard InChI is InChI=1S/C15H19FN4/c16-12-4-5-14-13(10-12)15(19-11-18-14)17-6-9-20-7-2-1-3-8-20/h4-5,10-11H,1-3,6-9H2,(H,17,18,19). The average Bonchev–Trinajstić information content (AvgIpc) is 2.49. The molecule has 2 aromatic rings. The van der Waals surface area contributed by atoms with Crippen LogP contribution in [-0.2, 0) is 0 Å². The maximum absolute atomic E-state index is 13.3. The van der Waals surface area contributed by atoms with Crippen molar-refractivity contribution in [3.63, 3.8) is 0 Å². The highest BCUT2D eigenvalue weighted by Gasteiger charge is 2.10. The third-order valence-corrected chi connectivity index (χ3v) is 3.77. The van der Waals surface area contributed by atoms with Gasteiger partial charge in [-0.2, -0.15) is 0 Å². The van der Waals surface area contributed by atoms with Crippen molar-refractivity contribution in [2.24, 2.45) is 0 Å². The van der Waals surface area contributed by atoms with Gasteiger partial charge in [0.2, 0.25) is 0 Å². The number of aromatic nitrogens is 2. The van der Waals surface area contributed by atoms with Crippen LogP contribution in [0.15, 0.2) is 24.5 Å². The SMILES string of the molecule is Fc1ccc2ncnc(NCCN3CCCCC3)c2c1. The summed E-state index contributed by atoms with van der Waals surface area (Å²) in [6.07, 6.45) is 5.45. The molecule has 5 heteroatoms. The number of hydrogen-bond acceptors (Lipinski definition) is 4. The molecule has 1 aliphatic rings. The fraction of sp³-hybridized carbons (Fsp3) is 0.467. The molecular weight excluding hydrogens is 255 g/mol. The summed E-state index contributed by atoms with van der Waals surface area (Å²) in [5.74, 6) is 0.456. The third-order valence-electron chi connectivity index (χ3n) is 3.77. The van der Waals surface area contributed by atoms with Gasteiger partial charge >= 0.3 is 0 Å². The predicted molar refractivity (Wildman–Crippen MR) is 78.3 cm³/mol. The number of anilines is 1. The number of likely N-dealkylation sites (tertiary alicyclic amines) is 1. The van der Waals surface area contributed by atoms with Gasteiger partial charge in [0, 0.05) is 18.5 Å². The molecule has 0 radical (unpaired) electrons. The summed E-state index contributed by atoms with van der Waals surface area (Å²) in [5, 5.41) is 4.04. The Hall–Kier alpha value is -1.75. The maximum atomic E-state index is 13.3. The Kier molecular flexibility index (Phi) is 4.06. The number of piperidine rings is 1. The number of nitrogens with zero attached hydrogens (tertiary/aromatic N) is 3. The molecule has 0 saturated carbocycles. The van der Waals surface area contributed by atoms with Crippen LogP contribution in [0.25, 0.3) is 10.9 Å². The van der Waals surface area contributed by atoms with Crippen molar-refractivity contribution >= 4 is 16.7 Å². The predicted octanol–water partition coefficient (Wildman–Crippen LogP) is 2.67. The zero-order valence-electron chi connectivity index (χ0n) is 11.5. The largest absolute Gasteiger partial charge is 0.368 e. The fourth-order valence-electron chi connectivity index (χ4n) is 2.69. The molecule has 3 rings (SSSR count). The molecule has 2 heterocycles. The molecule has 0 bridgehead atoms. The van der Waals surface area contributed by atoms with Crippen molar-refractivity contribution in [1.82, 2.24) is 14.9 Å². The Labute approximate surface area is 118 Å². The van der Waals surface area contributed by atoms with Crippen molar-refractivity contribution in [1.29, 1.82) is 0 Å². The van der Waals surface area contributed by atoms with E-state index < -0.39 is 0 Å². The second-order valence-electron chi connectivity index (χ2n) is 5.21. The number of halogens is 1. The molecule has 0 aliphatic carbocycles. The van der Waals surface area contributed by atoms with Gasteiger partial charge in [-0.25, -0.2) is 14.4 Å². The molecule has 1 fully saturated rings. The Morgan fingerprint density at radius 3 is 2.85 bits per heavy atom. The quantitative estimate of drug-likeness (QED) is 0.930. The molecule has 0 unspecified atom stereocenters. The molecule has 1 aromatic carbocycles. The Balaban J connectivity index is 1.66. The summed E-state index contributed by atoms with van der Waals surface area (Å²) < 4.78 is 13.3. The lowest BCUT2D eigenvalue weighted by Crippen LogP contribution is -2.33. The maximum Gasteiger partial charge on any atom is 0.137 e. The Morgan fingerprint density at radius 1 is 1.15 bits per heavy atom. The first-order chi connectivity index (χ1) is 9.83. The van der Waals surface area contributed by atoms with Crippen LogP contribution < -0.4 is 5.32 Å². The topological polar surface area (TPSA) is 41.1 Å². The van der Waals surface area contributed by atoms with E-state index in [4.69, 9.17) is 0 Å². The highest BCUT2D eigenvalue weighted by Crippen LogP contribution is 2.19. The monoisotopic (exact) mass is 274 g/mol. The number of nitrogens with one attached hydrogen (secondary N) is 1. The molecule has 1 aliphatic heterocycles. The van der Waals surface area contributed by atoms with E-state index >= 15 is 0 Å². The minimum Gasteiger partial charge on any atom is -0.368 e. The highest BCUT2D eigenvalue weighted by atomic mass is 19.1. The summed E-state index contributed by atoms with van der Waals surface area (Å²) in [6.45, 7) is 4.19. The number of rotatable bonds is 4. The van der Waals surface area contributed by atoms with Crippen molar-refractivity contribution in [3.8, 4) is 0 Å². The lowest BCUT2D eigenvalue weighted by atomic mass is 10.1. The van der Waals surface area contributed by atoms with Crippen LogP contribution >= 0.6 is 0 Å². The smallest absolute Gasteiger partial charge is 0.137 e. The van der Waals surface area contributed by atoms with Crippen molar-refractivity contribution in [3.05, 3.63) is 30.3 Å². The summed E-state index contributed by atoms with van der Waals surface area (Å²) in [6, 6.07) is 4.59. The van der Waals surface area contributed by atoms with E-state index in [1.165, 1.54) is 50.8 Å². The number of benzene rings is 1. The second-order valence-corrected chi connectivity index (χ2v) is 5.21. The number of fused-ring (bicyclic) bond motifs is 1. The van der Waals surface area contributed by atoms with E-state index in [1.807, 2.05) is 0 Å². The van der Waals surface area contributed by atoms with E-state index in [0.717, 1.165) is 24.0 Å². The van der Waals surface area contributed by atoms with E-state index in [-0.39, 0.29) is 5.82 Å². The summed E-state index contributed by atoms with van der Waals surface area (Å²) in [4.78, 5) is 10.8. The van der Waals surface area contributed by atoms with Crippen LogP contribution in [0.2, 0.25) is 0 Å². The summed E-state index contributed by atoms with van der Waals surface area (Å²) in [7, 11) is 0. The molecule has 20 heavy (non-hydrogen) atoms. The van der Waals surface area contributed by atoms with Gasteiger partial charge in [0.05, 0.1) is 5.52 Å². The first kappa shape index (κ1) is 13.2. The molecule has 0 spiro atoms. The lowest BCUT2D eigenvalue weighted by molar-refractivity contribution is 0.237. The lowest BCUT2D eigenvalue weighted by Gasteiger charge is -2.26. The van der Waals surface area contributed by atoms with Gasteiger partial charge in [-0.15, -0.1) is 0 Å². The Morgan fingerprint density at radius 2 is 2.00 bits per heavy atom. The molecule has 4 nitrogen and oxygen atoms in total. The van der Waals surface area contributed by atoms with E-state index in [0.29, 0.717) is 5.82 Å². The van der Waals surface area contributed by atoms with Crippen LogP contribution in [0.1, 0.15) is 19.3 Å². The zero-order valence-corrected chi connectivity index (χ0v) is 11.5. The van der Waals surface area contributed by atoms with Gasteiger partial charge in [-0.05, 0) is 44.1 Å². The Bertz CT molecular complexity index is 581. The van der Waals surface area contributed by atoms with Gasteiger partial charge in [0.1, 0.15) is 18.0 Å². The van der Waals surface area contributed by atoms with Gasteiger partial charge in [0.15, 0.2) is 0 Å². The normalized spacial score (nSPS) is 16.4. The molecule has 1 saturated heterocycles. The molecule has 0 atom stereocenters. The second kappa shape index (κ2) is 6.13. The zero-order chi connectivity index (χ0) is 13.8. The van der Waals surface area contributed by atoms with E-state index in [2.05, 4.69) is 20.2 Å². The highest BCUT2D eigenvalue weighted by molar-refractivity contribution is 5.88. The first-order valence-corrected chi connectivity index (χ1v) is 7.19. The fourth-order valence-corrected chi connectivity index (χ4v) is 2.69. The average molecular weight is 274 g/mol. The van der Waals surface area contributed by atoms with Crippen LogP contribution in [0.4, 0.5) is 10.2 Å². The van der Waals surface area contributed by atoms with Crippen molar-refractivity contribution in [2.75, 3.05) is 31.5 Å². The minimum absolute atomic E-state index is 0.258. The van der Waals surface area contributed by atoms with Gasteiger partial charge in [-0.3, -0.25) is 0 Å². The first-order valence-electron chi connectivity index (χ1n) is 7.19. The van der Waals surface area contributed by atoms with Crippen molar-refractivity contribution in [2.45, 2.75) is 19.3 Å².